The topological polar surface area (TPSA) is 57.4 Å². The van der Waals surface area contributed by atoms with E-state index in [-0.39, 0.29) is 12.2 Å². The molecule has 5 heteroatoms. The van der Waals surface area contributed by atoms with Crippen molar-refractivity contribution in [3.05, 3.63) is 12.1 Å². The normalized spacial score (nSPS) is 11.4. The molecule has 0 radical (unpaired) electrons. The van der Waals surface area contributed by atoms with Crippen LogP contribution in [0.15, 0.2) is 12.1 Å². The van der Waals surface area contributed by atoms with Crippen LogP contribution in [0.1, 0.15) is 27.7 Å². The molecule has 1 aromatic carbocycles. The fraction of sp³-hybridized carbons (Fsp3) is 0.462. The number of thiazole rings is 1. The molecule has 0 aliphatic rings. The van der Waals surface area contributed by atoms with Crippen LogP contribution in [0, 0.1) is 0 Å². The molecule has 0 unspecified atom stereocenters. The van der Waals surface area contributed by atoms with Gasteiger partial charge in [-0.2, -0.15) is 0 Å². The zero-order valence-corrected chi connectivity index (χ0v) is 11.9. The van der Waals surface area contributed by atoms with E-state index >= 15 is 0 Å². The van der Waals surface area contributed by atoms with Crippen LogP contribution >= 0.6 is 11.3 Å². The molecule has 0 aliphatic heterocycles. The van der Waals surface area contributed by atoms with Crippen LogP contribution in [0.25, 0.3) is 10.2 Å². The van der Waals surface area contributed by atoms with Crippen molar-refractivity contribution < 1.29 is 9.47 Å². The molecule has 98 valence electrons. The van der Waals surface area contributed by atoms with E-state index in [2.05, 4.69) is 4.98 Å². The Bertz CT molecular complexity index is 549. The maximum atomic E-state index is 5.77. The molecule has 0 saturated carbocycles. The van der Waals surface area contributed by atoms with Gasteiger partial charge >= 0.3 is 0 Å². The third-order valence-corrected chi connectivity index (χ3v) is 3.02. The highest BCUT2D eigenvalue weighted by atomic mass is 32.1. The molecule has 4 nitrogen and oxygen atoms in total. The molecule has 0 fully saturated rings. The largest absolute Gasteiger partial charge is 0.491 e. The Morgan fingerprint density at radius 3 is 2.39 bits per heavy atom. The second-order valence-electron chi connectivity index (χ2n) is 4.65. The zero-order chi connectivity index (χ0) is 13.3. The zero-order valence-electron chi connectivity index (χ0n) is 11.1. The molecule has 2 aromatic rings. The minimum atomic E-state index is 0.0884. The summed E-state index contributed by atoms with van der Waals surface area (Å²) in [6, 6.07) is 3.83. The molecule has 1 aromatic heterocycles. The van der Waals surface area contributed by atoms with Crippen molar-refractivity contribution in [2.75, 3.05) is 5.73 Å². The highest BCUT2D eigenvalue weighted by molar-refractivity contribution is 7.22. The number of anilines is 1. The Morgan fingerprint density at radius 1 is 1.11 bits per heavy atom. The van der Waals surface area contributed by atoms with Crippen LogP contribution in [0.2, 0.25) is 0 Å². The summed E-state index contributed by atoms with van der Waals surface area (Å²) in [7, 11) is 0. The Kier molecular flexibility index (Phi) is 3.61. The number of hydrogen-bond acceptors (Lipinski definition) is 5. The molecule has 18 heavy (non-hydrogen) atoms. The van der Waals surface area contributed by atoms with Crippen LogP contribution in [0.3, 0.4) is 0 Å². The minimum absolute atomic E-state index is 0.0884. The summed E-state index contributed by atoms with van der Waals surface area (Å²) >= 11 is 1.44. The fourth-order valence-corrected chi connectivity index (χ4v) is 2.46. The summed E-state index contributed by atoms with van der Waals surface area (Å²) in [4.78, 5) is 4.30. The van der Waals surface area contributed by atoms with E-state index in [1.807, 2.05) is 39.8 Å². The second-order valence-corrected chi connectivity index (χ2v) is 5.72. The first-order valence-electron chi connectivity index (χ1n) is 5.99. The first-order chi connectivity index (χ1) is 8.45. The molecule has 0 atom stereocenters. The van der Waals surface area contributed by atoms with Gasteiger partial charge in [0, 0.05) is 6.07 Å². The number of hydrogen-bond donors (Lipinski definition) is 1. The van der Waals surface area contributed by atoms with Crippen LogP contribution in [-0.4, -0.2) is 17.2 Å². The summed E-state index contributed by atoms with van der Waals surface area (Å²) in [5, 5.41) is 0.542. The molecule has 2 N–H and O–H groups in total. The van der Waals surface area contributed by atoms with Crippen LogP contribution in [0.5, 0.6) is 11.5 Å². The number of aromatic nitrogens is 1. The lowest BCUT2D eigenvalue weighted by molar-refractivity contribution is 0.231. The van der Waals surface area contributed by atoms with Gasteiger partial charge in [0.2, 0.25) is 0 Å². The van der Waals surface area contributed by atoms with Crippen molar-refractivity contribution in [2.45, 2.75) is 39.9 Å². The Morgan fingerprint density at radius 2 is 1.78 bits per heavy atom. The molecular formula is C13H18N2O2S. The molecule has 2 rings (SSSR count). The van der Waals surface area contributed by atoms with E-state index in [0.29, 0.717) is 5.13 Å². The third kappa shape index (κ3) is 2.85. The predicted molar refractivity (Wildman–Crippen MR) is 75.6 cm³/mol. The van der Waals surface area contributed by atoms with E-state index < -0.39 is 0 Å². The van der Waals surface area contributed by atoms with Gasteiger partial charge in [-0.05, 0) is 33.8 Å². The van der Waals surface area contributed by atoms with Gasteiger partial charge in [0.25, 0.3) is 0 Å². The van der Waals surface area contributed by atoms with Crippen molar-refractivity contribution in [2.24, 2.45) is 0 Å². The first kappa shape index (κ1) is 13.0. The number of ether oxygens (including phenoxy) is 2. The minimum Gasteiger partial charge on any atom is -0.491 e. The third-order valence-electron chi connectivity index (χ3n) is 2.18. The van der Waals surface area contributed by atoms with Gasteiger partial charge < -0.3 is 15.2 Å². The lowest BCUT2D eigenvalue weighted by Gasteiger charge is -2.14. The quantitative estimate of drug-likeness (QED) is 0.920. The van der Waals surface area contributed by atoms with Gasteiger partial charge in [-0.3, -0.25) is 0 Å². The smallest absolute Gasteiger partial charge is 0.181 e. The van der Waals surface area contributed by atoms with Crippen LogP contribution in [0.4, 0.5) is 5.13 Å². The highest BCUT2D eigenvalue weighted by Gasteiger charge is 2.13. The van der Waals surface area contributed by atoms with Crippen molar-refractivity contribution in [3.63, 3.8) is 0 Å². The standard InChI is InChI=1S/C13H18N2O2S/c1-7(2)16-9-5-10(17-8(3)4)12-11(6-9)18-13(14)15-12/h5-8H,1-4H3,(H2,14,15). The molecule has 0 spiro atoms. The number of nitrogens with zero attached hydrogens (tertiary/aromatic N) is 1. The maximum Gasteiger partial charge on any atom is 0.181 e. The lowest BCUT2D eigenvalue weighted by atomic mass is 10.3. The van der Waals surface area contributed by atoms with Gasteiger partial charge in [0.15, 0.2) is 10.9 Å². The Balaban J connectivity index is 2.49. The second kappa shape index (κ2) is 5.02. The van der Waals surface area contributed by atoms with Crippen molar-refractivity contribution in [1.29, 1.82) is 0 Å². The molecule has 1 heterocycles. The number of rotatable bonds is 4. The van der Waals surface area contributed by atoms with Crippen LogP contribution in [-0.2, 0) is 0 Å². The maximum absolute atomic E-state index is 5.77. The lowest BCUT2D eigenvalue weighted by Crippen LogP contribution is -2.08. The van der Waals surface area contributed by atoms with Gasteiger partial charge in [0.05, 0.1) is 16.9 Å². The van der Waals surface area contributed by atoms with Gasteiger partial charge in [0.1, 0.15) is 11.3 Å². The van der Waals surface area contributed by atoms with E-state index in [0.717, 1.165) is 21.7 Å². The first-order valence-corrected chi connectivity index (χ1v) is 6.80. The molecule has 0 bridgehead atoms. The van der Waals surface area contributed by atoms with Crippen molar-refractivity contribution in [1.82, 2.24) is 4.98 Å². The number of nitrogen functional groups attached to an aromatic ring is 1. The van der Waals surface area contributed by atoms with Crippen molar-refractivity contribution in [3.8, 4) is 11.5 Å². The monoisotopic (exact) mass is 266 g/mol. The number of benzene rings is 1. The Labute approximate surface area is 111 Å². The SMILES string of the molecule is CC(C)Oc1cc(OC(C)C)c2nc(N)sc2c1. The van der Waals surface area contributed by atoms with Gasteiger partial charge in [-0.15, -0.1) is 0 Å². The van der Waals surface area contributed by atoms with Crippen LogP contribution < -0.4 is 15.2 Å². The molecule has 0 saturated heterocycles. The van der Waals surface area contributed by atoms with Gasteiger partial charge in [-0.25, -0.2) is 4.98 Å². The molecule has 0 aliphatic carbocycles. The summed E-state index contributed by atoms with van der Waals surface area (Å²) in [6.45, 7) is 7.96. The number of fused-ring (bicyclic) bond motifs is 1. The van der Waals surface area contributed by atoms with Crippen molar-refractivity contribution >= 4 is 26.7 Å². The summed E-state index contributed by atoms with van der Waals surface area (Å²) < 4.78 is 12.5. The van der Waals surface area contributed by atoms with Gasteiger partial charge in [-0.1, -0.05) is 11.3 Å². The average Bonchev–Trinajstić information content (AvgIpc) is 2.56. The highest BCUT2D eigenvalue weighted by Crippen LogP contribution is 2.36. The average molecular weight is 266 g/mol. The van der Waals surface area contributed by atoms with E-state index in [1.165, 1.54) is 11.3 Å². The summed E-state index contributed by atoms with van der Waals surface area (Å²) in [5.74, 6) is 1.52. The van der Waals surface area contributed by atoms with E-state index in [4.69, 9.17) is 15.2 Å². The molecular weight excluding hydrogens is 248 g/mol. The number of nitrogens with two attached hydrogens (primary N) is 1. The summed E-state index contributed by atoms with van der Waals surface area (Å²) in [6.07, 6.45) is 0.213. The molecule has 0 amide bonds. The Hall–Kier alpha value is -1.49. The predicted octanol–water partition coefficient (Wildman–Crippen LogP) is 3.45. The fourth-order valence-electron chi connectivity index (χ4n) is 1.68. The summed E-state index contributed by atoms with van der Waals surface area (Å²) in [5.41, 5.74) is 6.56. The van der Waals surface area contributed by atoms with E-state index in [9.17, 15) is 0 Å². The van der Waals surface area contributed by atoms with E-state index in [1.54, 1.807) is 0 Å².